The summed E-state index contributed by atoms with van der Waals surface area (Å²) in [4.78, 5) is 15.6. The Labute approximate surface area is 208 Å². The molecule has 0 radical (unpaired) electrons. The number of nitrogens with zero attached hydrogens (tertiary/aromatic N) is 6. The SMILES string of the molecule is COC1=CC(=CN(c2cc(OC)cc(OC)c2)c2ccc3ncc(-c4cnn(C)c4)nc3c2)NC=N1. The zero-order valence-corrected chi connectivity index (χ0v) is 20.3. The largest absolute Gasteiger partial charge is 0.497 e. The van der Waals surface area contributed by atoms with E-state index in [1.165, 1.54) is 0 Å². The second-order valence-electron chi connectivity index (χ2n) is 7.95. The Morgan fingerprint density at radius 2 is 1.72 bits per heavy atom. The lowest BCUT2D eigenvalue weighted by molar-refractivity contribution is 0.287. The number of aromatic nitrogens is 4. The third-order valence-electron chi connectivity index (χ3n) is 5.60. The topological polar surface area (TPSA) is 98.9 Å². The minimum Gasteiger partial charge on any atom is -0.497 e. The lowest BCUT2D eigenvalue weighted by Gasteiger charge is -2.24. The maximum Gasteiger partial charge on any atom is 0.216 e. The first kappa shape index (κ1) is 22.9. The first-order chi connectivity index (χ1) is 17.6. The van der Waals surface area contributed by atoms with Crippen molar-refractivity contribution in [1.82, 2.24) is 25.1 Å². The molecular weight excluding hydrogens is 458 g/mol. The van der Waals surface area contributed by atoms with E-state index in [0.29, 0.717) is 17.4 Å². The van der Waals surface area contributed by atoms with Gasteiger partial charge in [-0.25, -0.2) is 9.98 Å². The van der Waals surface area contributed by atoms with Gasteiger partial charge in [-0.15, -0.1) is 0 Å². The van der Waals surface area contributed by atoms with Crippen LogP contribution in [0.4, 0.5) is 11.4 Å². The number of anilines is 2. The number of ether oxygens (including phenoxy) is 3. The third-order valence-corrected chi connectivity index (χ3v) is 5.60. The Hall–Kier alpha value is -4.86. The van der Waals surface area contributed by atoms with E-state index in [4.69, 9.17) is 19.2 Å². The molecule has 0 saturated carbocycles. The van der Waals surface area contributed by atoms with Crippen LogP contribution in [0.5, 0.6) is 11.5 Å². The highest BCUT2D eigenvalue weighted by atomic mass is 16.5. The summed E-state index contributed by atoms with van der Waals surface area (Å²) in [7, 11) is 6.70. The van der Waals surface area contributed by atoms with E-state index in [9.17, 15) is 0 Å². The molecule has 2 aromatic carbocycles. The van der Waals surface area contributed by atoms with Gasteiger partial charge in [-0.2, -0.15) is 5.10 Å². The van der Waals surface area contributed by atoms with Crippen molar-refractivity contribution < 1.29 is 14.2 Å². The molecular formula is C26H25N7O3. The van der Waals surface area contributed by atoms with E-state index >= 15 is 0 Å². The number of aryl methyl sites for hydroxylation is 1. The lowest BCUT2D eigenvalue weighted by Crippen LogP contribution is -2.19. The minimum absolute atomic E-state index is 0.494. The minimum atomic E-state index is 0.494. The molecule has 0 fully saturated rings. The summed E-state index contributed by atoms with van der Waals surface area (Å²) in [5.41, 5.74) is 5.64. The average Bonchev–Trinajstić information content (AvgIpc) is 3.37. The number of aliphatic imine (C=N–C) groups is 1. The molecule has 36 heavy (non-hydrogen) atoms. The van der Waals surface area contributed by atoms with Crippen molar-refractivity contribution in [3.8, 4) is 22.8 Å². The number of hydrogen-bond donors (Lipinski definition) is 1. The van der Waals surface area contributed by atoms with Crippen molar-refractivity contribution in [1.29, 1.82) is 0 Å². The predicted molar refractivity (Wildman–Crippen MR) is 138 cm³/mol. The number of benzene rings is 2. The van der Waals surface area contributed by atoms with Crippen LogP contribution in [0, 0.1) is 0 Å². The molecule has 0 amide bonds. The molecule has 182 valence electrons. The van der Waals surface area contributed by atoms with Gasteiger partial charge in [0.1, 0.15) is 11.5 Å². The Bertz CT molecular complexity index is 1480. The van der Waals surface area contributed by atoms with Gasteiger partial charge in [0.05, 0.1) is 68.2 Å². The van der Waals surface area contributed by atoms with Gasteiger partial charge in [-0.1, -0.05) is 0 Å². The highest BCUT2D eigenvalue weighted by molar-refractivity contribution is 5.83. The molecule has 0 unspecified atom stereocenters. The predicted octanol–water partition coefficient (Wildman–Crippen LogP) is 4.15. The molecule has 1 N–H and O–H groups in total. The van der Waals surface area contributed by atoms with Gasteiger partial charge in [-0.05, 0) is 18.2 Å². The van der Waals surface area contributed by atoms with E-state index in [-0.39, 0.29) is 0 Å². The number of hydrogen-bond acceptors (Lipinski definition) is 9. The number of methoxy groups -OCH3 is 3. The quantitative estimate of drug-likeness (QED) is 0.419. The van der Waals surface area contributed by atoms with Gasteiger partial charge >= 0.3 is 0 Å². The standard InChI is InChI=1S/C26H25N7O3/c1-32-14-17(12-30-32)25-13-27-23-6-5-19(10-24(23)31-25)33(15-18-7-26(36-4)29-16-28-18)20-8-21(34-2)11-22(9-20)35-3/h5-16H,1-4H3,(H,28,29). The summed E-state index contributed by atoms with van der Waals surface area (Å²) in [5, 5.41) is 7.40. The van der Waals surface area contributed by atoms with Gasteiger partial charge < -0.3 is 24.4 Å². The van der Waals surface area contributed by atoms with E-state index in [1.807, 2.05) is 66.8 Å². The fraction of sp³-hybridized carbons (Fsp3) is 0.154. The van der Waals surface area contributed by atoms with Crippen molar-refractivity contribution in [3.63, 3.8) is 0 Å². The summed E-state index contributed by atoms with van der Waals surface area (Å²) in [6, 6.07) is 11.6. The third kappa shape index (κ3) is 4.69. The number of nitrogens with one attached hydrogen (secondary N) is 1. The fourth-order valence-corrected chi connectivity index (χ4v) is 3.78. The van der Waals surface area contributed by atoms with E-state index in [1.54, 1.807) is 44.7 Å². The van der Waals surface area contributed by atoms with Crippen LogP contribution in [0.1, 0.15) is 0 Å². The summed E-state index contributed by atoms with van der Waals surface area (Å²) in [5.74, 6) is 1.82. The molecule has 10 nitrogen and oxygen atoms in total. The Kier molecular flexibility index (Phi) is 6.23. The molecule has 3 heterocycles. The van der Waals surface area contributed by atoms with Crippen molar-refractivity contribution in [2.45, 2.75) is 0 Å². The van der Waals surface area contributed by atoms with Crippen LogP contribution in [0.15, 0.2) is 83.8 Å². The highest BCUT2D eigenvalue weighted by Gasteiger charge is 2.15. The van der Waals surface area contributed by atoms with Gasteiger partial charge in [0.25, 0.3) is 0 Å². The van der Waals surface area contributed by atoms with Gasteiger partial charge in [-0.3, -0.25) is 9.67 Å². The second-order valence-corrected chi connectivity index (χ2v) is 7.95. The van der Waals surface area contributed by atoms with Gasteiger partial charge in [0, 0.05) is 55.0 Å². The summed E-state index contributed by atoms with van der Waals surface area (Å²) in [6.45, 7) is 0. The molecule has 10 heteroatoms. The summed E-state index contributed by atoms with van der Waals surface area (Å²) in [6.07, 6.45) is 10.8. The summed E-state index contributed by atoms with van der Waals surface area (Å²) >= 11 is 0. The van der Waals surface area contributed by atoms with Crippen LogP contribution in [0.2, 0.25) is 0 Å². The molecule has 0 bridgehead atoms. The van der Waals surface area contributed by atoms with E-state index in [0.717, 1.165) is 39.4 Å². The van der Waals surface area contributed by atoms with Gasteiger partial charge in [0.15, 0.2) is 0 Å². The number of fused-ring (bicyclic) bond motifs is 1. The maximum absolute atomic E-state index is 5.52. The number of rotatable bonds is 7. The van der Waals surface area contributed by atoms with Crippen LogP contribution < -0.4 is 19.7 Å². The smallest absolute Gasteiger partial charge is 0.216 e. The Morgan fingerprint density at radius 1 is 0.917 bits per heavy atom. The van der Waals surface area contributed by atoms with Crippen LogP contribution in [0.3, 0.4) is 0 Å². The van der Waals surface area contributed by atoms with Crippen molar-refractivity contribution in [3.05, 3.63) is 78.8 Å². The molecule has 1 aliphatic heterocycles. The molecule has 0 aliphatic carbocycles. The van der Waals surface area contributed by atoms with Crippen molar-refractivity contribution in [2.75, 3.05) is 26.2 Å². The molecule has 5 rings (SSSR count). The molecule has 1 aliphatic rings. The highest BCUT2D eigenvalue weighted by Crippen LogP contribution is 2.35. The number of allylic oxidation sites excluding steroid dienone is 1. The molecule has 0 spiro atoms. The van der Waals surface area contributed by atoms with Crippen LogP contribution in [-0.4, -0.2) is 47.4 Å². The molecule has 0 atom stereocenters. The van der Waals surface area contributed by atoms with Crippen LogP contribution in [-0.2, 0) is 11.8 Å². The van der Waals surface area contributed by atoms with Crippen LogP contribution in [0.25, 0.3) is 22.3 Å². The first-order valence-corrected chi connectivity index (χ1v) is 11.1. The fourth-order valence-electron chi connectivity index (χ4n) is 3.78. The monoisotopic (exact) mass is 483 g/mol. The van der Waals surface area contributed by atoms with Crippen molar-refractivity contribution >= 4 is 28.7 Å². The summed E-state index contributed by atoms with van der Waals surface area (Å²) < 4.78 is 18.1. The van der Waals surface area contributed by atoms with Crippen molar-refractivity contribution in [2.24, 2.45) is 12.0 Å². The Morgan fingerprint density at radius 3 is 2.42 bits per heavy atom. The normalized spacial score (nSPS) is 13.9. The maximum atomic E-state index is 5.52. The lowest BCUT2D eigenvalue weighted by atomic mass is 10.2. The second kappa shape index (κ2) is 9.79. The van der Waals surface area contributed by atoms with Gasteiger partial charge in [0.2, 0.25) is 5.88 Å². The van der Waals surface area contributed by atoms with E-state index in [2.05, 4.69) is 20.4 Å². The van der Waals surface area contributed by atoms with Crippen LogP contribution >= 0.6 is 0 Å². The molecule has 4 aromatic rings. The first-order valence-electron chi connectivity index (χ1n) is 11.1. The molecule has 0 saturated heterocycles. The molecule has 2 aromatic heterocycles. The van der Waals surface area contributed by atoms with E-state index < -0.39 is 0 Å². The zero-order chi connectivity index (χ0) is 25.1. The Balaban J connectivity index is 1.64. The zero-order valence-electron chi connectivity index (χ0n) is 20.3. The average molecular weight is 484 g/mol.